The van der Waals surface area contributed by atoms with Gasteiger partial charge >= 0.3 is 0 Å². The lowest BCUT2D eigenvalue weighted by Gasteiger charge is -2.34. The van der Waals surface area contributed by atoms with Gasteiger partial charge in [0.2, 0.25) is 0 Å². The van der Waals surface area contributed by atoms with Crippen LogP contribution >= 0.6 is 0 Å². The van der Waals surface area contributed by atoms with Gasteiger partial charge in [-0.05, 0) is 6.92 Å². The Morgan fingerprint density at radius 2 is 2.45 bits per heavy atom. The van der Waals surface area contributed by atoms with Crippen LogP contribution in [0.4, 0.5) is 0 Å². The summed E-state index contributed by atoms with van der Waals surface area (Å²) < 4.78 is 5.55. The Labute approximate surface area is 116 Å². The predicted molar refractivity (Wildman–Crippen MR) is 72.2 cm³/mol. The maximum atomic E-state index is 11.6. The van der Waals surface area contributed by atoms with Crippen LogP contribution in [-0.2, 0) is 11.3 Å². The SMILES string of the molecule is Cc1nc([C@H]2COCCN2Cc2cnc[nH]2)cc(=O)[nH]1. The number of rotatable bonds is 3. The summed E-state index contributed by atoms with van der Waals surface area (Å²) in [5.41, 5.74) is 1.67. The molecule has 7 nitrogen and oxygen atoms in total. The zero-order chi connectivity index (χ0) is 13.9. The first kappa shape index (κ1) is 13.0. The molecule has 0 aliphatic carbocycles. The Balaban J connectivity index is 1.86. The first-order valence-corrected chi connectivity index (χ1v) is 6.59. The zero-order valence-corrected chi connectivity index (χ0v) is 11.3. The van der Waals surface area contributed by atoms with E-state index in [1.54, 1.807) is 19.3 Å². The second-order valence-corrected chi connectivity index (χ2v) is 4.89. The van der Waals surface area contributed by atoms with E-state index >= 15 is 0 Å². The molecular formula is C13H17N5O2. The number of imidazole rings is 1. The molecule has 1 aliphatic heterocycles. The van der Waals surface area contributed by atoms with E-state index in [2.05, 4.69) is 24.8 Å². The summed E-state index contributed by atoms with van der Waals surface area (Å²) in [6, 6.07) is 1.54. The van der Waals surface area contributed by atoms with E-state index in [1.165, 1.54) is 0 Å². The Kier molecular flexibility index (Phi) is 3.62. The van der Waals surface area contributed by atoms with Gasteiger partial charge in [-0.25, -0.2) is 9.97 Å². The van der Waals surface area contributed by atoms with E-state index in [0.29, 0.717) is 19.0 Å². The van der Waals surface area contributed by atoms with Gasteiger partial charge < -0.3 is 14.7 Å². The summed E-state index contributed by atoms with van der Waals surface area (Å²) in [5.74, 6) is 0.625. The third-order valence-corrected chi connectivity index (χ3v) is 3.39. The molecule has 0 saturated carbocycles. The smallest absolute Gasteiger partial charge is 0.251 e. The van der Waals surface area contributed by atoms with Gasteiger partial charge in [0.15, 0.2) is 0 Å². The van der Waals surface area contributed by atoms with Crippen molar-refractivity contribution in [2.45, 2.75) is 19.5 Å². The second kappa shape index (κ2) is 5.56. The largest absolute Gasteiger partial charge is 0.378 e. The van der Waals surface area contributed by atoms with Crippen LogP contribution in [0, 0.1) is 6.92 Å². The maximum Gasteiger partial charge on any atom is 0.251 e. The van der Waals surface area contributed by atoms with Crippen LogP contribution < -0.4 is 5.56 Å². The van der Waals surface area contributed by atoms with Crippen molar-refractivity contribution in [3.05, 3.63) is 46.2 Å². The van der Waals surface area contributed by atoms with Gasteiger partial charge in [-0.3, -0.25) is 9.69 Å². The van der Waals surface area contributed by atoms with Crippen LogP contribution in [0.15, 0.2) is 23.4 Å². The summed E-state index contributed by atoms with van der Waals surface area (Å²) in [6.07, 6.45) is 3.48. The topological polar surface area (TPSA) is 86.9 Å². The number of aromatic amines is 2. The third kappa shape index (κ3) is 2.78. The Morgan fingerprint density at radius 3 is 3.20 bits per heavy atom. The van der Waals surface area contributed by atoms with Gasteiger partial charge in [-0.15, -0.1) is 0 Å². The lowest BCUT2D eigenvalue weighted by molar-refractivity contribution is -0.0148. The highest BCUT2D eigenvalue weighted by Gasteiger charge is 2.26. The monoisotopic (exact) mass is 275 g/mol. The van der Waals surface area contributed by atoms with Gasteiger partial charge in [0.25, 0.3) is 5.56 Å². The highest BCUT2D eigenvalue weighted by Crippen LogP contribution is 2.23. The van der Waals surface area contributed by atoms with Gasteiger partial charge in [-0.1, -0.05) is 0 Å². The third-order valence-electron chi connectivity index (χ3n) is 3.39. The molecule has 1 aliphatic rings. The fourth-order valence-corrected chi connectivity index (χ4v) is 2.46. The van der Waals surface area contributed by atoms with Crippen molar-refractivity contribution in [2.24, 2.45) is 0 Å². The molecule has 3 rings (SSSR count). The molecule has 0 radical (unpaired) electrons. The quantitative estimate of drug-likeness (QED) is 0.845. The molecule has 0 aromatic carbocycles. The standard InChI is InChI=1S/C13H17N5O2/c1-9-16-11(4-13(19)17-9)12-7-20-3-2-18(12)6-10-5-14-8-15-10/h4-5,8,12H,2-3,6-7H2,1H3,(H,14,15)(H,16,17,19)/t12-/m1/s1. The van der Waals surface area contributed by atoms with E-state index in [1.807, 2.05) is 6.20 Å². The van der Waals surface area contributed by atoms with Crippen molar-refractivity contribution in [1.29, 1.82) is 0 Å². The zero-order valence-electron chi connectivity index (χ0n) is 11.3. The minimum absolute atomic E-state index is 0.00644. The molecule has 2 N–H and O–H groups in total. The van der Waals surface area contributed by atoms with E-state index in [4.69, 9.17) is 4.74 Å². The van der Waals surface area contributed by atoms with Gasteiger partial charge in [0.1, 0.15) is 5.82 Å². The number of H-pyrrole nitrogens is 2. The highest BCUT2D eigenvalue weighted by atomic mass is 16.5. The van der Waals surface area contributed by atoms with Crippen LogP contribution in [0.25, 0.3) is 0 Å². The van der Waals surface area contributed by atoms with E-state index in [-0.39, 0.29) is 11.6 Å². The molecular weight excluding hydrogens is 258 g/mol. The summed E-state index contributed by atoms with van der Waals surface area (Å²) in [7, 11) is 0. The van der Waals surface area contributed by atoms with Gasteiger partial charge in [-0.2, -0.15) is 0 Å². The van der Waals surface area contributed by atoms with Gasteiger partial charge in [0, 0.05) is 31.0 Å². The lowest BCUT2D eigenvalue weighted by atomic mass is 10.1. The Morgan fingerprint density at radius 1 is 1.55 bits per heavy atom. The average Bonchev–Trinajstić information content (AvgIpc) is 2.91. The number of morpholine rings is 1. The summed E-state index contributed by atoms with van der Waals surface area (Å²) in [4.78, 5) is 28.1. The van der Waals surface area contributed by atoms with Crippen LogP contribution in [0.5, 0.6) is 0 Å². The number of hydrogen-bond donors (Lipinski definition) is 2. The summed E-state index contributed by atoms with van der Waals surface area (Å²) in [6.45, 7) is 4.56. The van der Waals surface area contributed by atoms with E-state index in [0.717, 1.165) is 24.5 Å². The number of aryl methyl sites for hydroxylation is 1. The van der Waals surface area contributed by atoms with Crippen molar-refractivity contribution in [2.75, 3.05) is 19.8 Å². The number of nitrogens with zero attached hydrogens (tertiary/aromatic N) is 3. The lowest BCUT2D eigenvalue weighted by Crippen LogP contribution is -2.40. The summed E-state index contributed by atoms with van der Waals surface area (Å²) in [5, 5.41) is 0. The average molecular weight is 275 g/mol. The Bertz CT molecular complexity index is 622. The fourth-order valence-electron chi connectivity index (χ4n) is 2.46. The number of ether oxygens (including phenoxy) is 1. The molecule has 1 fully saturated rings. The molecule has 106 valence electrons. The predicted octanol–water partition coefficient (Wildman–Crippen LogP) is 0.375. The Hall–Kier alpha value is -1.99. The first-order chi connectivity index (χ1) is 9.72. The second-order valence-electron chi connectivity index (χ2n) is 4.89. The van der Waals surface area contributed by atoms with Crippen molar-refractivity contribution in [3.8, 4) is 0 Å². The van der Waals surface area contributed by atoms with Crippen LogP contribution in [0.1, 0.15) is 23.3 Å². The highest BCUT2D eigenvalue weighted by molar-refractivity contribution is 5.10. The molecule has 1 atom stereocenters. The first-order valence-electron chi connectivity index (χ1n) is 6.59. The molecule has 0 unspecified atom stereocenters. The van der Waals surface area contributed by atoms with E-state index in [9.17, 15) is 4.79 Å². The molecule has 0 amide bonds. The van der Waals surface area contributed by atoms with Crippen LogP contribution in [0.2, 0.25) is 0 Å². The van der Waals surface area contributed by atoms with Crippen molar-refractivity contribution < 1.29 is 4.74 Å². The number of nitrogens with one attached hydrogen (secondary N) is 2. The molecule has 20 heavy (non-hydrogen) atoms. The van der Waals surface area contributed by atoms with Gasteiger partial charge in [0.05, 0.1) is 31.3 Å². The normalized spacial score (nSPS) is 20.1. The van der Waals surface area contributed by atoms with Crippen molar-refractivity contribution >= 4 is 0 Å². The number of aromatic nitrogens is 4. The molecule has 2 aromatic rings. The van der Waals surface area contributed by atoms with Crippen LogP contribution in [0.3, 0.4) is 0 Å². The molecule has 0 spiro atoms. The minimum Gasteiger partial charge on any atom is -0.378 e. The van der Waals surface area contributed by atoms with E-state index < -0.39 is 0 Å². The minimum atomic E-state index is -0.125. The summed E-state index contributed by atoms with van der Waals surface area (Å²) >= 11 is 0. The maximum absolute atomic E-state index is 11.6. The van der Waals surface area contributed by atoms with Crippen molar-refractivity contribution in [3.63, 3.8) is 0 Å². The molecule has 3 heterocycles. The molecule has 7 heteroatoms. The van der Waals surface area contributed by atoms with Crippen molar-refractivity contribution in [1.82, 2.24) is 24.8 Å². The van der Waals surface area contributed by atoms with Crippen LogP contribution in [-0.4, -0.2) is 44.6 Å². The molecule has 2 aromatic heterocycles. The number of hydrogen-bond acceptors (Lipinski definition) is 5. The molecule has 0 bridgehead atoms. The fraction of sp³-hybridized carbons (Fsp3) is 0.462. The molecule has 1 saturated heterocycles.